The number of hydrogen-bond acceptors (Lipinski definition) is 6. The minimum Gasteiger partial charge on any atom is -0.489 e. The van der Waals surface area contributed by atoms with Gasteiger partial charge in [-0.25, -0.2) is 4.98 Å². The number of aryl methyl sites for hydroxylation is 2. The molecule has 0 radical (unpaired) electrons. The van der Waals surface area contributed by atoms with Crippen LogP contribution in [-0.2, 0) is 22.9 Å². The Kier molecular flexibility index (Phi) is 6.33. The summed E-state index contributed by atoms with van der Waals surface area (Å²) in [6, 6.07) is 12.2. The first-order valence-corrected chi connectivity index (χ1v) is 12.3. The van der Waals surface area contributed by atoms with E-state index in [1.54, 1.807) is 48.3 Å². The number of alkyl halides is 3. The van der Waals surface area contributed by atoms with Gasteiger partial charge in [-0.2, -0.15) is 18.3 Å². The minimum absolute atomic E-state index is 0.00788. The second-order valence-electron chi connectivity index (χ2n) is 10.2. The monoisotopic (exact) mass is 553 g/mol. The van der Waals surface area contributed by atoms with Crippen LogP contribution in [0.4, 0.5) is 13.2 Å². The lowest BCUT2D eigenvalue weighted by molar-refractivity contribution is -0.265. The van der Waals surface area contributed by atoms with Gasteiger partial charge < -0.3 is 20.9 Å². The van der Waals surface area contributed by atoms with Crippen molar-refractivity contribution in [2.75, 3.05) is 13.2 Å². The van der Waals surface area contributed by atoms with Crippen LogP contribution < -0.4 is 15.8 Å². The number of hydrogen-bond donors (Lipinski definition) is 3. The van der Waals surface area contributed by atoms with E-state index in [9.17, 15) is 27.9 Å². The molecular weight excluding hydrogens is 527 g/mol. The molecule has 4 N–H and O–H groups in total. The molecule has 0 aliphatic carbocycles. The van der Waals surface area contributed by atoms with Crippen molar-refractivity contribution in [3.05, 3.63) is 77.1 Å². The van der Waals surface area contributed by atoms with Crippen LogP contribution in [0.1, 0.15) is 34.1 Å². The summed E-state index contributed by atoms with van der Waals surface area (Å²) < 4.78 is 51.0. The third kappa shape index (κ3) is 4.43. The number of fused-ring (bicyclic) bond motifs is 2. The molecule has 1 unspecified atom stereocenters. The van der Waals surface area contributed by atoms with Crippen LogP contribution in [0.15, 0.2) is 54.7 Å². The molecule has 2 aromatic carbocycles. The number of nitrogens with zero attached hydrogens (tertiary/aromatic N) is 3. The van der Waals surface area contributed by atoms with Gasteiger partial charge in [0.2, 0.25) is 11.5 Å². The zero-order valence-corrected chi connectivity index (χ0v) is 21.8. The molecule has 12 heteroatoms. The summed E-state index contributed by atoms with van der Waals surface area (Å²) in [7, 11) is 1.70. The van der Waals surface area contributed by atoms with Gasteiger partial charge in [-0.3, -0.25) is 14.3 Å². The lowest BCUT2D eigenvalue weighted by Crippen LogP contribution is -2.51. The van der Waals surface area contributed by atoms with Crippen LogP contribution in [0.5, 0.6) is 5.75 Å². The summed E-state index contributed by atoms with van der Waals surface area (Å²) in [5.41, 5.74) is 1.80. The third-order valence-electron chi connectivity index (χ3n) is 7.22. The zero-order valence-electron chi connectivity index (χ0n) is 21.8. The molecule has 208 valence electrons. The van der Waals surface area contributed by atoms with E-state index < -0.39 is 41.2 Å². The van der Waals surface area contributed by atoms with Crippen LogP contribution in [0.2, 0.25) is 0 Å². The average molecular weight is 554 g/mol. The Bertz CT molecular complexity index is 1650. The Balaban J connectivity index is 1.58. The van der Waals surface area contributed by atoms with E-state index in [2.05, 4.69) is 15.4 Å². The summed E-state index contributed by atoms with van der Waals surface area (Å²) in [4.78, 5) is 29.5. The van der Waals surface area contributed by atoms with Gasteiger partial charge in [-0.1, -0.05) is 29.8 Å². The van der Waals surface area contributed by atoms with E-state index in [0.717, 1.165) is 11.6 Å². The van der Waals surface area contributed by atoms with Crippen molar-refractivity contribution in [1.82, 2.24) is 20.1 Å². The molecule has 5 rings (SSSR count). The Morgan fingerprint density at radius 3 is 2.52 bits per heavy atom. The van der Waals surface area contributed by atoms with Crippen LogP contribution in [0.3, 0.4) is 0 Å². The number of amides is 2. The van der Waals surface area contributed by atoms with E-state index in [1.165, 1.54) is 19.1 Å². The van der Waals surface area contributed by atoms with E-state index in [-0.39, 0.29) is 29.2 Å². The van der Waals surface area contributed by atoms with E-state index in [0.29, 0.717) is 16.5 Å². The van der Waals surface area contributed by atoms with Crippen LogP contribution in [0, 0.1) is 6.92 Å². The molecule has 0 fully saturated rings. The third-order valence-corrected chi connectivity index (χ3v) is 7.22. The molecule has 3 heterocycles. The number of nitrogens with one attached hydrogen (secondary N) is 1. The van der Waals surface area contributed by atoms with Gasteiger partial charge in [-0.05, 0) is 38.1 Å². The van der Waals surface area contributed by atoms with Crippen LogP contribution in [-0.4, -0.2) is 51.0 Å². The summed E-state index contributed by atoms with van der Waals surface area (Å²) in [6.45, 7) is 1.84. The van der Waals surface area contributed by atoms with Crippen molar-refractivity contribution in [1.29, 1.82) is 0 Å². The fourth-order valence-corrected chi connectivity index (χ4v) is 4.64. The number of aliphatic hydroxyl groups is 1. The Hall–Kier alpha value is -4.45. The molecule has 9 nitrogen and oxygen atoms in total. The Morgan fingerprint density at radius 2 is 1.88 bits per heavy atom. The van der Waals surface area contributed by atoms with E-state index in [1.807, 2.05) is 6.92 Å². The van der Waals surface area contributed by atoms with Gasteiger partial charge in [0, 0.05) is 35.3 Å². The Morgan fingerprint density at radius 1 is 1.18 bits per heavy atom. The summed E-state index contributed by atoms with van der Waals surface area (Å²) in [5, 5.41) is 18.2. The second kappa shape index (κ2) is 9.33. The molecule has 4 aromatic rings. The highest BCUT2D eigenvalue weighted by Gasteiger charge is 2.57. The first kappa shape index (κ1) is 27.1. The molecule has 0 saturated carbocycles. The van der Waals surface area contributed by atoms with E-state index in [4.69, 9.17) is 10.5 Å². The number of halogens is 3. The maximum Gasteiger partial charge on any atom is 0.424 e. The fourth-order valence-electron chi connectivity index (χ4n) is 4.64. The quantitative estimate of drug-likeness (QED) is 0.336. The maximum absolute atomic E-state index is 14.6. The van der Waals surface area contributed by atoms with Crippen molar-refractivity contribution < 1.29 is 32.6 Å². The molecule has 0 saturated heterocycles. The number of nitrogens with two attached hydrogens (primary N) is 1. The number of benzene rings is 2. The normalized spacial score (nSPS) is 18.2. The highest BCUT2D eigenvalue weighted by atomic mass is 19.4. The van der Waals surface area contributed by atoms with Crippen LogP contribution in [0.25, 0.3) is 22.2 Å². The van der Waals surface area contributed by atoms with Crippen molar-refractivity contribution in [2.24, 2.45) is 12.8 Å². The van der Waals surface area contributed by atoms with Crippen molar-refractivity contribution in [3.8, 4) is 17.0 Å². The maximum atomic E-state index is 14.6. The number of ether oxygens (including phenoxy) is 1. The first-order chi connectivity index (χ1) is 18.7. The van der Waals surface area contributed by atoms with Gasteiger partial charge in [0.1, 0.15) is 23.5 Å². The molecule has 40 heavy (non-hydrogen) atoms. The highest BCUT2D eigenvalue weighted by Crippen LogP contribution is 2.47. The number of pyridine rings is 1. The topological polar surface area (TPSA) is 132 Å². The predicted octanol–water partition coefficient (Wildman–Crippen LogP) is 3.26. The van der Waals surface area contributed by atoms with Crippen LogP contribution >= 0.6 is 0 Å². The number of rotatable bonds is 6. The molecule has 0 spiro atoms. The second-order valence-corrected chi connectivity index (χ2v) is 10.2. The van der Waals surface area contributed by atoms with Gasteiger partial charge in [-0.15, -0.1) is 0 Å². The fraction of sp³-hybridized carbons (Fsp3) is 0.286. The standard InChI is InChI=1S/C28H26F3N5O4/c1-15-4-6-16(7-5-15)22-23-19(26(2,14-40-23)25(32)38)11-21(34-22)27(39,28(29,30)31)13-33-24(37)17-8-9-20-18(10-17)12-36(3)35-20/h4-12,39H,13-14H2,1-3H3,(H2,32,38)(H,33,37)/t26-,27?/m0/s1. The lowest BCUT2D eigenvalue weighted by atomic mass is 9.81. The molecule has 1 aliphatic rings. The number of aromatic nitrogens is 3. The lowest BCUT2D eigenvalue weighted by Gasteiger charge is -2.31. The van der Waals surface area contributed by atoms with Gasteiger partial charge in [0.05, 0.1) is 17.8 Å². The SMILES string of the molecule is Cc1ccc(-c2nc(C(O)(CNC(=O)c3ccc4nn(C)cc4c3)C(F)(F)F)cc3c2OC[C@]3(C)C(N)=O)cc1. The average Bonchev–Trinajstić information content (AvgIpc) is 3.45. The first-order valence-electron chi connectivity index (χ1n) is 12.3. The summed E-state index contributed by atoms with van der Waals surface area (Å²) in [6.07, 6.45) is -3.60. The van der Waals surface area contributed by atoms with Gasteiger partial charge >= 0.3 is 6.18 Å². The summed E-state index contributed by atoms with van der Waals surface area (Å²) in [5.74, 6) is -1.54. The highest BCUT2D eigenvalue weighted by molar-refractivity contribution is 5.98. The molecule has 1 aliphatic heterocycles. The van der Waals surface area contributed by atoms with Crippen molar-refractivity contribution in [2.45, 2.75) is 31.0 Å². The molecular formula is C28H26F3N5O4. The summed E-state index contributed by atoms with van der Waals surface area (Å²) >= 11 is 0. The van der Waals surface area contributed by atoms with Crippen molar-refractivity contribution in [3.63, 3.8) is 0 Å². The van der Waals surface area contributed by atoms with Gasteiger partial charge in [0.25, 0.3) is 5.91 Å². The zero-order chi connectivity index (χ0) is 29.0. The molecule has 2 atom stereocenters. The minimum atomic E-state index is -5.26. The number of carbonyl (C=O) groups is 2. The Labute approximate surface area is 226 Å². The molecule has 0 bridgehead atoms. The number of primary amides is 1. The van der Waals surface area contributed by atoms with E-state index >= 15 is 0 Å². The van der Waals surface area contributed by atoms with Crippen molar-refractivity contribution >= 4 is 22.7 Å². The largest absolute Gasteiger partial charge is 0.489 e. The molecule has 2 amide bonds. The number of carbonyl (C=O) groups excluding carboxylic acids is 2. The predicted molar refractivity (Wildman–Crippen MR) is 139 cm³/mol. The van der Waals surface area contributed by atoms with Gasteiger partial charge in [0.15, 0.2) is 0 Å². The molecule has 2 aromatic heterocycles. The smallest absolute Gasteiger partial charge is 0.424 e.